The summed E-state index contributed by atoms with van der Waals surface area (Å²) < 4.78 is 10.2. The molecule has 0 N–H and O–H groups in total. The van der Waals surface area contributed by atoms with Gasteiger partial charge in [0, 0.05) is 6.08 Å². The number of hydrogen-bond acceptors (Lipinski definition) is 3. The average molecular weight is 234 g/mol. The van der Waals surface area contributed by atoms with Crippen molar-refractivity contribution in [1.29, 1.82) is 0 Å². The van der Waals surface area contributed by atoms with Crippen molar-refractivity contribution in [3.8, 4) is 5.75 Å². The molecule has 0 amide bonds. The van der Waals surface area contributed by atoms with E-state index in [1.165, 1.54) is 6.08 Å². The Balaban J connectivity index is 2.73. The second-order valence-electron chi connectivity index (χ2n) is 3.54. The molecular weight excluding hydrogens is 216 g/mol. The fourth-order valence-electron chi connectivity index (χ4n) is 1.45. The predicted octanol–water partition coefficient (Wildman–Crippen LogP) is 2.97. The minimum Gasteiger partial charge on any atom is -0.494 e. The zero-order valence-corrected chi connectivity index (χ0v) is 10.5. The molecule has 92 valence electrons. The third-order valence-electron chi connectivity index (χ3n) is 2.20. The molecule has 0 atom stereocenters. The van der Waals surface area contributed by atoms with Crippen molar-refractivity contribution < 1.29 is 14.3 Å². The van der Waals surface area contributed by atoms with Crippen molar-refractivity contribution >= 4 is 12.0 Å². The van der Waals surface area contributed by atoms with Gasteiger partial charge in [0.15, 0.2) is 0 Å². The van der Waals surface area contributed by atoms with Crippen molar-refractivity contribution in [2.24, 2.45) is 0 Å². The van der Waals surface area contributed by atoms with E-state index >= 15 is 0 Å². The molecule has 0 bridgehead atoms. The second-order valence-corrected chi connectivity index (χ2v) is 3.54. The Bertz CT molecular complexity index is 408. The molecule has 0 heterocycles. The number of rotatable bonds is 5. The molecule has 0 aliphatic heterocycles. The van der Waals surface area contributed by atoms with Crippen LogP contribution in [0.25, 0.3) is 6.08 Å². The van der Waals surface area contributed by atoms with Crippen LogP contribution in [0.15, 0.2) is 24.3 Å². The summed E-state index contributed by atoms with van der Waals surface area (Å²) in [7, 11) is 0. The van der Waals surface area contributed by atoms with E-state index in [0.29, 0.717) is 13.2 Å². The molecular formula is C14H18O3. The predicted molar refractivity (Wildman–Crippen MR) is 68.0 cm³/mol. The van der Waals surface area contributed by atoms with Crippen LogP contribution in [-0.4, -0.2) is 19.2 Å². The van der Waals surface area contributed by atoms with Crippen LogP contribution < -0.4 is 4.74 Å². The molecule has 17 heavy (non-hydrogen) atoms. The van der Waals surface area contributed by atoms with Crippen molar-refractivity contribution in [1.82, 2.24) is 0 Å². The van der Waals surface area contributed by atoms with Crippen molar-refractivity contribution in [2.75, 3.05) is 13.2 Å². The van der Waals surface area contributed by atoms with Gasteiger partial charge in [-0.05, 0) is 50.1 Å². The third kappa shape index (κ3) is 4.31. The standard InChI is InChI=1S/C14H18O3/c1-4-16-13-8-6-12(10-11(13)3)7-9-14(15)17-5-2/h6-10H,4-5H2,1-3H3/b9-7+. The number of esters is 1. The SMILES string of the molecule is CCOC(=O)/C=C/c1ccc(OCC)c(C)c1. The summed E-state index contributed by atoms with van der Waals surface area (Å²) >= 11 is 0. The number of ether oxygens (including phenoxy) is 2. The van der Waals surface area contributed by atoms with Gasteiger partial charge in [0.1, 0.15) is 5.75 Å². The fourth-order valence-corrected chi connectivity index (χ4v) is 1.45. The molecule has 0 spiro atoms. The summed E-state index contributed by atoms with van der Waals surface area (Å²) in [4.78, 5) is 11.1. The van der Waals surface area contributed by atoms with Gasteiger partial charge in [0.25, 0.3) is 0 Å². The van der Waals surface area contributed by atoms with Crippen molar-refractivity contribution in [2.45, 2.75) is 20.8 Å². The highest BCUT2D eigenvalue weighted by Crippen LogP contribution is 2.19. The van der Waals surface area contributed by atoms with Crippen molar-refractivity contribution in [3.05, 3.63) is 35.4 Å². The highest BCUT2D eigenvalue weighted by Gasteiger charge is 1.99. The van der Waals surface area contributed by atoms with Crippen LogP contribution in [0.5, 0.6) is 5.75 Å². The van der Waals surface area contributed by atoms with Gasteiger partial charge in [0.2, 0.25) is 0 Å². The minimum absolute atomic E-state index is 0.320. The van der Waals surface area contributed by atoms with Gasteiger partial charge in [0.05, 0.1) is 13.2 Å². The normalized spacial score (nSPS) is 10.5. The average Bonchev–Trinajstić information content (AvgIpc) is 2.30. The van der Waals surface area contributed by atoms with Crippen LogP contribution in [0.3, 0.4) is 0 Å². The summed E-state index contributed by atoms with van der Waals surface area (Å²) in [5, 5.41) is 0. The second kappa shape index (κ2) is 6.74. The molecule has 3 heteroatoms. The Morgan fingerprint density at radius 2 is 2.06 bits per heavy atom. The smallest absolute Gasteiger partial charge is 0.330 e. The summed E-state index contributed by atoms with van der Waals surface area (Å²) in [6.07, 6.45) is 3.17. The van der Waals surface area contributed by atoms with Gasteiger partial charge in [-0.3, -0.25) is 0 Å². The minimum atomic E-state index is -0.320. The van der Waals surface area contributed by atoms with Gasteiger partial charge in [-0.1, -0.05) is 6.07 Å². The van der Waals surface area contributed by atoms with E-state index in [9.17, 15) is 4.79 Å². The van der Waals surface area contributed by atoms with E-state index in [1.54, 1.807) is 13.0 Å². The number of carbonyl (C=O) groups excluding carboxylic acids is 1. The molecule has 0 aliphatic rings. The lowest BCUT2D eigenvalue weighted by Crippen LogP contribution is -1.98. The molecule has 0 fully saturated rings. The Morgan fingerprint density at radius 3 is 2.65 bits per heavy atom. The summed E-state index contributed by atoms with van der Waals surface area (Å²) in [6.45, 7) is 6.76. The zero-order chi connectivity index (χ0) is 12.7. The van der Waals surface area contributed by atoms with Crippen LogP contribution in [-0.2, 0) is 9.53 Å². The van der Waals surface area contributed by atoms with E-state index in [2.05, 4.69) is 0 Å². The number of hydrogen-bond donors (Lipinski definition) is 0. The Kier molecular flexibility index (Phi) is 5.27. The maximum Gasteiger partial charge on any atom is 0.330 e. The fraction of sp³-hybridized carbons (Fsp3) is 0.357. The lowest BCUT2D eigenvalue weighted by molar-refractivity contribution is -0.137. The monoisotopic (exact) mass is 234 g/mol. The highest BCUT2D eigenvalue weighted by atomic mass is 16.5. The van der Waals surface area contributed by atoms with Crippen molar-refractivity contribution in [3.63, 3.8) is 0 Å². The summed E-state index contributed by atoms with van der Waals surface area (Å²) in [5.74, 6) is 0.555. The molecule has 1 aromatic rings. The maximum absolute atomic E-state index is 11.1. The molecule has 1 rings (SSSR count). The zero-order valence-electron chi connectivity index (χ0n) is 10.5. The third-order valence-corrected chi connectivity index (χ3v) is 2.20. The van der Waals surface area contributed by atoms with Crippen LogP contribution in [0.2, 0.25) is 0 Å². The molecule has 0 saturated carbocycles. The maximum atomic E-state index is 11.1. The van der Waals surface area contributed by atoms with E-state index in [1.807, 2.05) is 32.0 Å². The number of aryl methyl sites for hydroxylation is 1. The molecule has 0 unspecified atom stereocenters. The first-order chi connectivity index (χ1) is 8.17. The Morgan fingerprint density at radius 1 is 1.29 bits per heavy atom. The van der Waals surface area contributed by atoms with Gasteiger partial charge in [-0.15, -0.1) is 0 Å². The van der Waals surface area contributed by atoms with Gasteiger partial charge < -0.3 is 9.47 Å². The Hall–Kier alpha value is -1.77. The van der Waals surface area contributed by atoms with Crippen LogP contribution in [0.1, 0.15) is 25.0 Å². The summed E-state index contributed by atoms with van der Waals surface area (Å²) in [6, 6.07) is 5.79. The van der Waals surface area contributed by atoms with E-state index in [0.717, 1.165) is 16.9 Å². The lowest BCUT2D eigenvalue weighted by atomic mass is 10.1. The number of benzene rings is 1. The van der Waals surface area contributed by atoms with Crippen LogP contribution >= 0.6 is 0 Å². The molecule has 0 aromatic heterocycles. The van der Waals surface area contributed by atoms with Gasteiger partial charge >= 0.3 is 5.97 Å². The number of carbonyl (C=O) groups is 1. The molecule has 0 saturated heterocycles. The first kappa shape index (κ1) is 13.3. The van der Waals surface area contributed by atoms with E-state index in [4.69, 9.17) is 9.47 Å². The van der Waals surface area contributed by atoms with Gasteiger partial charge in [-0.2, -0.15) is 0 Å². The van der Waals surface area contributed by atoms with Gasteiger partial charge in [-0.25, -0.2) is 4.79 Å². The largest absolute Gasteiger partial charge is 0.494 e. The van der Waals surface area contributed by atoms with E-state index < -0.39 is 0 Å². The molecule has 0 aliphatic carbocycles. The first-order valence-corrected chi connectivity index (χ1v) is 5.75. The van der Waals surface area contributed by atoms with E-state index in [-0.39, 0.29) is 5.97 Å². The van der Waals surface area contributed by atoms with Crippen LogP contribution in [0.4, 0.5) is 0 Å². The lowest BCUT2D eigenvalue weighted by Gasteiger charge is -2.07. The highest BCUT2D eigenvalue weighted by molar-refractivity contribution is 5.87. The first-order valence-electron chi connectivity index (χ1n) is 5.75. The summed E-state index contributed by atoms with van der Waals surface area (Å²) in [5.41, 5.74) is 2.01. The molecule has 0 radical (unpaired) electrons. The quantitative estimate of drug-likeness (QED) is 0.580. The topological polar surface area (TPSA) is 35.5 Å². The molecule has 3 nitrogen and oxygen atoms in total. The molecule has 1 aromatic carbocycles. The Labute approximate surface area is 102 Å². The van der Waals surface area contributed by atoms with Crippen LogP contribution in [0, 0.1) is 6.92 Å².